The van der Waals surface area contributed by atoms with Crippen LogP contribution in [0.3, 0.4) is 0 Å². The van der Waals surface area contributed by atoms with Crippen LogP contribution in [0.25, 0.3) is 0 Å². The highest BCUT2D eigenvalue weighted by Gasteiger charge is 2.22. The van der Waals surface area contributed by atoms with Gasteiger partial charge in [0.15, 0.2) is 0 Å². The van der Waals surface area contributed by atoms with Gasteiger partial charge in [-0.15, -0.1) is 0 Å². The number of halogens is 1. The van der Waals surface area contributed by atoms with Crippen molar-refractivity contribution >= 4 is 15.9 Å². The minimum Gasteiger partial charge on any atom is -0.492 e. The number of hydrogen-bond donors (Lipinski definition) is 0. The maximum absolute atomic E-state index is 6.24. The third-order valence-electron chi connectivity index (χ3n) is 8.66. The molecule has 188 valence electrons. The molecule has 0 heterocycles. The minimum atomic E-state index is 0.746. The molecule has 2 aliphatic rings. The number of rotatable bonds is 14. The third kappa shape index (κ3) is 9.95. The van der Waals surface area contributed by atoms with E-state index in [2.05, 4.69) is 48.0 Å². The molecule has 0 aliphatic heterocycles. The molecule has 2 aliphatic carbocycles. The molecule has 0 spiro atoms. The van der Waals surface area contributed by atoms with Crippen LogP contribution in [0.4, 0.5) is 0 Å². The average molecular weight is 520 g/mol. The summed E-state index contributed by atoms with van der Waals surface area (Å²) in [6, 6.07) is 6.83. The molecule has 33 heavy (non-hydrogen) atoms. The lowest BCUT2D eigenvalue weighted by atomic mass is 9.77. The minimum absolute atomic E-state index is 0.746. The molecule has 0 bridgehead atoms. The van der Waals surface area contributed by atoms with E-state index >= 15 is 0 Å². The lowest BCUT2D eigenvalue weighted by molar-refractivity contribution is 0.178. The molecule has 0 atom stereocenters. The summed E-state index contributed by atoms with van der Waals surface area (Å²) in [5.74, 6) is 4.72. The number of hydrogen-bond acceptors (Lipinski definition) is 1. The van der Waals surface area contributed by atoms with E-state index in [0.717, 1.165) is 40.5 Å². The Morgan fingerprint density at radius 2 is 1.30 bits per heavy atom. The molecule has 1 nitrogen and oxygen atoms in total. The number of ether oxygens (including phenoxy) is 1. The summed E-state index contributed by atoms with van der Waals surface area (Å²) in [6.07, 6.45) is 25.4. The van der Waals surface area contributed by atoms with Crippen LogP contribution in [0.1, 0.15) is 129 Å². The maximum Gasteiger partial charge on any atom is 0.133 e. The standard InChI is InChI=1S/C31H51BrO/c1-3-5-6-7-8-10-26-11-13-27(14-12-26)15-18-28-21-22-31(30(32)23-28)33-24-29-19-16-25(9-4-2)17-20-29/h21-23,25-27,29H,3-20,24H2,1-2H3. The first-order chi connectivity index (χ1) is 16.2. The number of benzene rings is 1. The second kappa shape index (κ2) is 15.5. The van der Waals surface area contributed by atoms with Crippen LogP contribution < -0.4 is 4.74 Å². The van der Waals surface area contributed by atoms with Gasteiger partial charge in [0.1, 0.15) is 5.75 Å². The van der Waals surface area contributed by atoms with Gasteiger partial charge >= 0.3 is 0 Å². The summed E-state index contributed by atoms with van der Waals surface area (Å²) < 4.78 is 7.38. The Hall–Kier alpha value is -0.500. The number of unbranched alkanes of at least 4 members (excludes halogenated alkanes) is 4. The molecule has 1 aromatic carbocycles. The molecule has 0 unspecified atom stereocenters. The molecule has 0 saturated heterocycles. The average Bonchev–Trinajstić information content (AvgIpc) is 2.84. The molecule has 3 rings (SSSR count). The highest BCUT2D eigenvalue weighted by molar-refractivity contribution is 9.10. The van der Waals surface area contributed by atoms with Crippen LogP contribution in [0.15, 0.2) is 22.7 Å². The van der Waals surface area contributed by atoms with E-state index in [4.69, 9.17) is 4.74 Å². The van der Waals surface area contributed by atoms with Gasteiger partial charge in [0, 0.05) is 0 Å². The van der Waals surface area contributed by atoms with Crippen LogP contribution >= 0.6 is 15.9 Å². The predicted octanol–water partition coefficient (Wildman–Crippen LogP) is 10.5. The first-order valence-electron chi connectivity index (χ1n) is 14.6. The van der Waals surface area contributed by atoms with Gasteiger partial charge in [-0.05, 0) is 83.0 Å². The molecular formula is C31H51BrO. The van der Waals surface area contributed by atoms with Crippen LogP contribution in [0.2, 0.25) is 0 Å². The van der Waals surface area contributed by atoms with Gasteiger partial charge in [-0.25, -0.2) is 0 Å². The van der Waals surface area contributed by atoms with E-state index in [-0.39, 0.29) is 0 Å². The summed E-state index contributed by atoms with van der Waals surface area (Å²) in [6.45, 7) is 5.51. The molecule has 0 N–H and O–H groups in total. The maximum atomic E-state index is 6.24. The zero-order valence-electron chi connectivity index (χ0n) is 21.8. The van der Waals surface area contributed by atoms with Crippen molar-refractivity contribution in [3.8, 4) is 5.75 Å². The van der Waals surface area contributed by atoms with Gasteiger partial charge in [-0.1, -0.05) is 110 Å². The van der Waals surface area contributed by atoms with Crippen molar-refractivity contribution in [1.82, 2.24) is 0 Å². The van der Waals surface area contributed by atoms with E-state index in [1.807, 2.05) is 0 Å². The Balaban J connectivity index is 1.30. The summed E-state index contributed by atoms with van der Waals surface area (Å²) in [7, 11) is 0. The quantitative estimate of drug-likeness (QED) is 0.222. The van der Waals surface area contributed by atoms with Crippen molar-refractivity contribution in [3.05, 3.63) is 28.2 Å². The molecular weight excluding hydrogens is 468 g/mol. The Morgan fingerprint density at radius 3 is 1.94 bits per heavy atom. The van der Waals surface area contributed by atoms with Gasteiger partial charge in [-0.2, -0.15) is 0 Å². The summed E-state index contributed by atoms with van der Waals surface area (Å²) in [5.41, 5.74) is 1.47. The Morgan fingerprint density at radius 1 is 0.697 bits per heavy atom. The lowest BCUT2D eigenvalue weighted by Gasteiger charge is -2.29. The highest BCUT2D eigenvalue weighted by atomic mass is 79.9. The van der Waals surface area contributed by atoms with E-state index in [1.54, 1.807) is 0 Å². The van der Waals surface area contributed by atoms with Gasteiger partial charge < -0.3 is 4.74 Å². The SMILES string of the molecule is CCCCCCCC1CCC(CCc2ccc(OCC3CCC(CCC)CC3)c(Br)c2)CC1. The normalized spacial score (nSPS) is 25.8. The zero-order valence-corrected chi connectivity index (χ0v) is 23.3. The Labute approximate surface area is 214 Å². The number of aryl methyl sites for hydroxylation is 1. The molecule has 0 amide bonds. The smallest absolute Gasteiger partial charge is 0.133 e. The fraction of sp³-hybridized carbons (Fsp3) is 0.806. The first kappa shape index (κ1) is 27.1. The lowest BCUT2D eigenvalue weighted by Crippen LogP contribution is -2.20. The van der Waals surface area contributed by atoms with Gasteiger partial charge in [0.2, 0.25) is 0 Å². The second-order valence-corrected chi connectivity index (χ2v) is 12.2. The van der Waals surface area contributed by atoms with Crippen molar-refractivity contribution in [2.24, 2.45) is 23.7 Å². The summed E-state index contributed by atoms with van der Waals surface area (Å²) >= 11 is 3.79. The van der Waals surface area contributed by atoms with E-state index in [9.17, 15) is 0 Å². The van der Waals surface area contributed by atoms with Crippen molar-refractivity contribution in [2.45, 2.75) is 129 Å². The van der Waals surface area contributed by atoms with Gasteiger partial charge in [-0.3, -0.25) is 0 Å². The molecule has 2 heteroatoms. The van der Waals surface area contributed by atoms with Crippen LogP contribution in [0, 0.1) is 23.7 Å². The topological polar surface area (TPSA) is 9.23 Å². The van der Waals surface area contributed by atoms with E-state index in [1.165, 1.54) is 121 Å². The molecule has 0 aromatic heterocycles. The Bertz CT molecular complexity index is 640. The van der Waals surface area contributed by atoms with Crippen molar-refractivity contribution in [2.75, 3.05) is 6.61 Å². The van der Waals surface area contributed by atoms with Crippen molar-refractivity contribution in [3.63, 3.8) is 0 Å². The highest BCUT2D eigenvalue weighted by Crippen LogP contribution is 2.36. The van der Waals surface area contributed by atoms with Crippen LogP contribution in [-0.4, -0.2) is 6.61 Å². The second-order valence-electron chi connectivity index (χ2n) is 11.4. The van der Waals surface area contributed by atoms with E-state index < -0.39 is 0 Å². The fourth-order valence-electron chi connectivity index (χ4n) is 6.34. The zero-order chi connectivity index (χ0) is 23.3. The summed E-state index contributed by atoms with van der Waals surface area (Å²) in [4.78, 5) is 0. The fourth-order valence-corrected chi connectivity index (χ4v) is 6.88. The first-order valence-corrected chi connectivity index (χ1v) is 15.4. The van der Waals surface area contributed by atoms with Crippen LogP contribution in [-0.2, 0) is 6.42 Å². The third-order valence-corrected chi connectivity index (χ3v) is 9.28. The van der Waals surface area contributed by atoms with E-state index in [0.29, 0.717) is 0 Å². The largest absolute Gasteiger partial charge is 0.492 e. The molecule has 2 saturated carbocycles. The van der Waals surface area contributed by atoms with Gasteiger partial charge in [0.25, 0.3) is 0 Å². The molecule has 1 aromatic rings. The molecule has 2 fully saturated rings. The monoisotopic (exact) mass is 518 g/mol. The van der Waals surface area contributed by atoms with Gasteiger partial charge in [0.05, 0.1) is 11.1 Å². The Kier molecular flexibility index (Phi) is 12.7. The molecule has 0 radical (unpaired) electrons. The van der Waals surface area contributed by atoms with Crippen molar-refractivity contribution in [1.29, 1.82) is 0 Å². The van der Waals surface area contributed by atoms with Crippen molar-refractivity contribution < 1.29 is 4.74 Å². The summed E-state index contributed by atoms with van der Waals surface area (Å²) in [5, 5.41) is 0. The predicted molar refractivity (Wildman–Crippen MR) is 147 cm³/mol. The van der Waals surface area contributed by atoms with Crippen LogP contribution in [0.5, 0.6) is 5.75 Å².